The second kappa shape index (κ2) is 6.36. The summed E-state index contributed by atoms with van der Waals surface area (Å²) in [6, 6.07) is 9.15. The van der Waals surface area contributed by atoms with E-state index in [1.54, 1.807) is 11.1 Å². The molecule has 5 nitrogen and oxygen atoms in total. The molecule has 0 bridgehead atoms. The normalized spacial score (nSPS) is 18.3. The van der Waals surface area contributed by atoms with E-state index in [2.05, 4.69) is 24.1 Å². The average molecular weight is 311 g/mol. The average Bonchev–Trinajstić information content (AvgIpc) is 2.55. The number of nitrogens with zero attached hydrogens (tertiary/aromatic N) is 2. The van der Waals surface area contributed by atoms with Crippen LogP contribution in [0.4, 0.5) is 0 Å². The highest BCUT2D eigenvalue weighted by Crippen LogP contribution is 2.19. The molecule has 1 aromatic heterocycles. The molecule has 1 N–H and O–H groups in total. The first kappa shape index (κ1) is 15.5. The van der Waals surface area contributed by atoms with Gasteiger partial charge in [0.25, 0.3) is 5.91 Å². The summed E-state index contributed by atoms with van der Waals surface area (Å²) >= 11 is 0. The zero-order valence-corrected chi connectivity index (χ0v) is 13.5. The van der Waals surface area contributed by atoms with E-state index in [-0.39, 0.29) is 11.8 Å². The van der Waals surface area contributed by atoms with Gasteiger partial charge in [-0.2, -0.15) is 0 Å². The van der Waals surface area contributed by atoms with Crippen molar-refractivity contribution >= 4 is 22.7 Å². The fourth-order valence-electron chi connectivity index (χ4n) is 2.99. The van der Waals surface area contributed by atoms with Crippen LogP contribution in [0.2, 0.25) is 0 Å². The van der Waals surface area contributed by atoms with Crippen LogP contribution in [0, 0.1) is 5.92 Å². The quantitative estimate of drug-likeness (QED) is 0.945. The molecule has 0 spiro atoms. The maximum absolute atomic E-state index is 12.9. The van der Waals surface area contributed by atoms with Crippen LogP contribution in [0.1, 0.15) is 30.6 Å². The lowest BCUT2D eigenvalue weighted by atomic mass is 9.99. The molecule has 0 aliphatic carbocycles. The van der Waals surface area contributed by atoms with Gasteiger partial charge in [0.15, 0.2) is 0 Å². The second-order valence-electron chi connectivity index (χ2n) is 6.35. The zero-order valence-electron chi connectivity index (χ0n) is 13.5. The van der Waals surface area contributed by atoms with E-state index in [1.165, 1.54) is 0 Å². The summed E-state index contributed by atoms with van der Waals surface area (Å²) in [5.41, 5.74) is 1.39. The lowest BCUT2D eigenvalue weighted by Gasteiger charge is -2.36. The Balaban J connectivity index is 1.90. The predicted molar refractivity (Wildman–Crippen MR) is 89.0 cm³/mol. The molecule has 0 unspecified atom stereocenters. The number of amides is 2. The van der Waals surface area contributed by atoms with Crippen molar-refractivity contribution in [3.05, 3.63) is 42.1 Å². The van der Waals surface area contributed by atoms with Gasteiger partial charge in [-0.05, 0) is 24.5 Å². The number of para-hydroxylation sites is 1. The summed E-state index contributed by atoms with van der Waals surface area (Å²) in [5, 5.41) is 3.79. The first-order valence-corrected chi connectivity index (χ1v) is 7.99. The molecule has 1 saturated heterocycles. The lowest BCUT2D eigenvalue weighted by molar-refractivity contribution is -0.128. The van der Waals surface area contributed by atoms with Crippen molar-refractivity contribution in [1.82, 2.24) is 15.2 Å². The number of rotatable bonds is 3. The summed E-state index contributed by atoms with van der Waals surface area (Å²) in [7, 11) is 0. The second-order valence-corrected chi connectivity index (χ2v) is 6.35. The number of carbonyl (C=O) groups is 2. The number of piperazine rings is 1. The first-order valence-electron chi connectivity index (χ1n) is 7.99. The highest BCUT2D eigenvalue weighted by Gasteiger charge is 2.33. The molecule has 1 atom stereocenters. The number of benzene rings is 1. The van der Waals surface area contributed by atoms with Crippen LogP contribution in [-0.2, 0) is 4.79 Å². The number of aromatic nitrogens is 1. The van der Waals surface area contributed by atoms with Gasteiger partial charge in [-0.25, -0.2) is 0 Å². The SMILES string of the molecule is CC(C)C[C@H]1C(=O)NCCN1C(=O)c1cnc2ccccc2c1. The van der Waals surface area contributed by atoms with E-state index in [1.807, 2.05) is 30.3 Å². The highest BCUT2D eigenvalue weighted by atomic mass is 16.2. The van der Waals surface area contributed by atoms with Crippen molar-refractivity contribution in [3.8, 4) is 0 Å². The van der Waals surface area contributed by atoms with Gasteiger partial charge in [0, 0.05) is 24.7 Å². The summed E-state index contributed by atoms with van der Waals surface area (Å²) in [5.74, 6) is 0.157. The van der Waals surface area contributed by atoms with Gasteiger partial charge >= 0.3 is 0 Å². The van der Waals surface area contributed by atoms with Gasteiger partial charge in [-0.1, -0.05) is 32.0 Å². The van der Waals surface area contributed by atoms with Gasteiger partial charge in [-0.3, -0.25) is 14.6 Å². The standard InChI is InChI=1S/C18H21N3O2/c1-12(2)9-16-17(22)19-7-8-21(16)18(23)14-10-13-5-3-4-6-15(13)20-11-14/h3-6,10-12,16H,7-9H2,1-2H3,(H,19,22)/t16-/m0/s1. The molecule has 23 heavy (non-hydrogen) atoms. The topological polar surface area (TPSA) is 62.3 Å². The third-order valence-electron chi connectivity index (χ3n) is 4.12. The molecule has 1 aromatic carbocycles. The largest absolute Gasteiger partial charge is 0.353 e. The number of hydrogen-bond acceptors (Lipinski definition) is 3. The predicted octanol–water partition coefficient (Wildman–Crippen LogP) is 2.22. The van der Waals surface area contributed by atoms with E-state index in [9.17, 15) is 9.59 Å². The fourth-order valence-corrected chi connectivity index (χ4v) is 2.99. The van der Waals surface area contributed by atoms with E-state index in [4.69, 9.17) is 0 Å². The van der Waals surface area contributed by atoms with Crippen molar-refractivity contribution in [2.45, 2.75) is 26.3 Å². The molecule has 0 radical (unpaired) electrons. The van der Waals surface area contributed by atoms with Crippen LogP contribution in [0.25, 0.3) is 10.9 Å². The van der Waals surface area contributed by atoms with E-state index in [0.29, 0.717) is 31.0 Å². The van der Waals surface area contributed by atoms with E-state index >= 15 is 0 Å². The van der Waals surface area contributed by atoms with Crippen molar-refractivity contribution in [3.63, 3.8) is 0 Å². The van der Waals surface area contributed by atoms with Crippen LogP contribution in [0.15, 0.2) is 36.5 Å². The molecule has 5 heteroatoms. The number of carbonyl (C=O) groups excluding carboxylic acids is 2. The minimum Gasteiger partial charge on any atom is -0.353 e. The van der Waals surface area contributed by atoms with E-state index in [0.717, 1.165) is 10.9 Å². The van der Waals surface area contributed by atoms with Crippen molar-refractivity contribution in [2.24, 2.45) is 5.92 Å². The Morgan fingerprint density at radius 3 is 2.96 bits per heavy atom. The molecular formula is C18H21N3O2. The Labute approximate surface area is 135 Å². The number of nitrogens with one attached hydrogen (secondary N) is 1. The third-order valence-corrected chi connectivity index (χ3v) is 4.12. The minimum atomic E-state index is -0.400. The van der Waals surface area contributed by atoms with Gasteiger partial charge in [0.1, 0.15) is 6.04 Å². The van der Waals surface area contributed by atoms with Crippen LogP contribution in [0.5, 0.6) is 0 Å². The molecular weight excluding hydrogens is 290 g/mol. The smallest absolute Gasteiger partial charge is 0.256 e. The van der Waals surface area contributed by atoms with Crippen LogP contribution in [0.3, 0.4) is 0 Å². The summed E-state index contributed by atoms with van der Waals surface area (Å²) in [6.45, 7) is 5.15. The molecule has 2 amide bonds. The minimum absolute atomic E-state index is 0.0629. The Hall–Kier alpha value is -2.43. The summed E-state index contributed by atoms with van der Waals surface area (Å²) < 4.78 is 0. The number of pyridine rings is 1. The highest BCUT2D eigenvalue weighted by molar-refractivity contribution is 6.00. The summed E-state index contributed by atoms with van der Waals surface area (Å²) in [6.07, 6.45) is 2.27. The van der Waals surface area contributed by atoms with Crippen molar-refractivity contribution in [1.29, 1.82) is 0 Å². The molecule has 120 valence electrons. The first-order chi connectivity index (χ1) is 11.1. The Morgan fingerprint density at radius 1 is 1.39 bits per heavy atom. The molecule has 2 heterocycles. The Kier molecular flexibility index (Phi) is 4.28. The Morgan fingerprint density at radius 2 is 2.17 bits per heavy atom. The summed E-state index contributed by atoms with van der Waals surface area (Å²) in [4.78, 5) is 31.1. The molecule has 1 aliphatic heterocycles. The number of fused-ring (bicyclic) bond motifs is 1. The van der Waals surface area contributed by atoms with Crippen LogP contribution in [-0.4, -0.2) is 40.8 Å². The van der Waals surface area contributed by atoms with Crippen molar-refractivity contribution in [2.75, 3.05) is 13.1 Å². The van der Waals surface area contributed by atoms with Gasteiger partial charge < -0.3 is 10.2 Å². The zero-order chi connectivity index (χ0) is 16.4. The fraction of sp³-hybridized carbons (Fsp3) is 0.389. The molecule has 3 rings (SSSR count). The van der Waals surface area contributed by atoms with Gasteiger partial charge in [-0.15, -0.1) is 0 Å². The van der Waals surface area contributed by atoms with Crippen molar-refractivity contribution < 1.29 is 9.59 Å². The molecule has 0 saturated carbocycles. The third kappa shape index (κ3) is 3.18. The molecule has 1 aliphatic rings. The monoisotopic (exact) mass is 311 g/mol. The molecule has 2 aromatic rings. The van der Waals surface area contributed by atoms with Crippen LogP contribution < -0.4 is 5.32 Å². The van der Waals surface area contributed by atoms with Gasteiger partial charge in [0.2, 0.25) is 5.91 Å². The van der Waals surface area contributed by atoms with Crippen LogP contribution >= 0.6 is 0 Å². The lowest BCUT2D eigenvalue weighted by Crippen LogP contribution is -2.57. The van der Waals surface area contributed by atoms with Gasteiger partial charge in [0.05, 0.1) is 11.1 Å². The Bertz CT molecular complexity index is 742. The number of hydrogen-bond donors (Lipinski definition) is 1. The van der Waals surface area contributed by atoms with E-state index < -0.39 is 6.04 Å². The maximum atomic E-state index is 12.9. The maximum Gasteiger partial charge on any atom is 0.256 e. The molecule has 1 fully saturated rings.